The molecule has 1 saturated carbocycles. The van der Waals surface area contributed by atoms with Gasteiger partial charge >= 0.3 is 12.0 Å². The number of nitrogens with zero attached hydrogens (tertiary/aromatic N) is 1. The fourth-order valence-electron chi connectivity index (χ4n) is 2.59. The van der Waals surface area contributed by atoms with Crippen molar-refractivity contribution in [2.24, 2.45) is 5.92 Å². The average molecular weight is 286 g/mol. The third-order valence-electron chi connectivity index (χ3n) is 4.03. The van der Waals surface area contributed by atoms with Gasteiger partial charge in [0, 0.05) is 20.2 Å². The second kappa shape index (κ2) is 8.09. The number of amides is 2. The molecule has 0 aromatic rings. The number of hydrogen-bond acceptors (Lipinski definition) is 3. The van der Waals surface area contributed by atoms with Crippen molar-refractivity contribution in [3.63, 3.8) is 0 Å². The van der Waals surface area contributed by atoms with Gasteiger partial charge < -0.3 is 20.1 Å². The highest BCUT2D eigenvalue weighted by atomic mass is 16.5. The van der Waals surface area contributed by atoms with Crippen molar-refractivity contribution in [2.45, 2.75) is 51.1 Å². The zero-order chi connectivity index (χ0) is 15.1. The quantitative estimate of drug-likeness (QED) is 0.754. The molecule has 20 heavy (non-hydrogen) atoms. The van der Waals surface area contributed by atoms with Gasteiger partial charge in [-0.05, 0) is 19.8 Å². The summed E-state index contributed by atoms with van der Waals surface area (Å²) in [6.45, 7) is 2.35. The van der Waals surface area contributed by atoms with Crippen LogP contribution in [0.2, 0.25) is 0 Å². The molecule has 1 fully saturated rings. The Kier molecular flexibility index (Phi) is 6.78. The van der Waals surface area contributed by atoms with Crippen molar-refractivity contribution in [1.82, 2.24) is 10.2 Å². The summed E-state index contributed by atoms with van der Waals surface area (Å²) in [5.41, 5.74) is 0. The first-order valence-electron chi connectivity index (χ1n) is 7.22. The maximum atomic E-state index is 12.2. The van der Waals surface area contributed by atoms with E-state index in [2.05, 4.69) is 5.32 Å². The third-order valence-corrected chi connectivity index (χ3v) is 4.03. The zero-order valence-corrected chi connectivity index (χ0v) is 12.6. The van der Waals surface area contributed by atoms with Crippen molar-refractivity contribution in [3.05, 3.63) is 0 Å². The van der Waals surface area contributed by atoms with Crippen LogP contribution in [0.15, 0.2) is 0 Å². The van der Waals surface area contributed by atoms with E-state index in [1.54, 1.807) is 19.1 Å². The Morgan fingerprint density at radius 1 is 1.35 bits per heavy atom. The number of carbonyl (C=O) groups is 2. The molecule has 0 aromatic heterocycles. The minimum Gasteiger partial charge on any atom is -0.481 e. The van der Waals surface area contributed by atoms with E-state index >= 15 is 0 Å². The van der Waals surface area contributed by atoms with Crippen LogP contribution >= 0.6 is 0 Å². The van der Waals surface area contributed by atoms with E-state index < -0.39 is 11.9 Å². The summed E-state index contributed by atoms with van der Waals surface area (Å²) in [6, 6.07) is -0.554. The van der Waals surface area contributed by atoms with Gasteiger partial charge in [0.15, 0.2) is 0 Å². The minimum absolute atomic E-state index is 0.0472. The second-order valence-electron chi connectivity index (χ2n) is 5.55. The number of hydrogen-bond donors (Lipinski definition) is 2. The number of methoxy groups -OCH3 is 1. The molecule has 2 N–H and O–H groups in total. The highest BCUT2D eigenvalue weighted by Gasteiger charge is 2.31. The molecule has 0 radical (unpaired) electrons. The third kappa shape index (κ3) is 4.67. The first-order valence-corrected chi connectivity index (χ1v) is 7.22. The number of carboxylic acid groups (broad SMARTS) is 1. The fraction of sp³-hybridized carbons (Fsp3) is 0.857. The highest BCUT2D eigenvalue weighted by Crippen LogP contribution is 2.24. The molecule has 0 bridgehead atoms. The SMILES string of the molecule is COCC(C)N(C)C(=O)NC1CCCCCC1C(=O)O. The molecule has 1 aliphatic carbocycles. The van der Waals surface area contributed by atoms with Crippen molar-refractivity contribution < 1.29 is 19.4 Å². The Morgan fingerprint density at radius 2 is 2.00 bits per heavy atom. The Hall–Kier alpha value is -1.30. The number of likely N-dealkylation sites (N-methyl/N-ethyl adjacent to an activating group) is 1. The molecule has 116 valence electrons. The lowest BCUT2D eigenvalue weighted by atomic mass is 9.95. The lowest BCUT2D eigenvalue weighted by Crippen LogP contribution is -2.50. The number of carbonyl (C=O) groups excluding carboxylic acids is 1. The predicted molar refractivity (Wildman–Crippen MR) is 75.6 cm³/mol. The van der Waals surface area contributed by atoms with Crippen LogP contribution in [0.3, 0.4) is 0 Å². The lowest BCUT2D eigenvalue weighted by molar-refractivity contribution is -0.142. The summed E-state index contributed by atoms with van der Waals surface area (Å²) in [6.07, 6.45) is 4.28. The second-order valence-corrected chi connectivity index (χ2v) is 5.55. The molecule has 0 aliphatic heterocycles. The summed E-state index contributed by atoms with van der Waals surface area (Å²) in [5.74, 6) is -1.29. The zero-order valence-electron chi connectivity index (χ0n) is 12.6. The predicted octanol–water partition coefficient (Wildman–Crippen LogP) is 1.70. The number of urea groups is 1. The molecule has 2 amide bonds. The first kappa shape index (κ1) is 16.8. The van der Waals surface area contributed by atoms with Crippen LogP contribution in [0.25, 0.3) is 0 Å². The largest absolute Gasteiger partial charge is 0.481 e. The Morgan fingerprint density at radius 3 is 2.60 bits per heavy atom. The van der Waals surface area contributed by atoms with Gasteiger partial charge in [-0.2, -0.15) is 0 Å². The fourth-order valence-corrected chi connectivity index (χ4v) is 2.59. The summed E-state index contributed by atoms with van der Waals surface area (Å²) >= 11 is 0. The number of aliphatic carboxylic acids is 1. The van der Waals surface area contributed by atoms with Crippen LogP contribution < -0.4 is 5.32 Å². The monoisotopic (exact) mass is 286 g/mol. The van der Waals surface area contributed by atoms with E-state index in [0.29, 0.717) is 13.0 Å². The van der Waals surface area contributed by atoms with Crippen LogP contribution in [0.1, 0.15) is 39.0 Å². The molecule has 3 unspecified atom stereocenters. The van der Waals surface area contributed by atoms with E-state index in [-0.39, 0.29) is 18.1 Å². The van der Waals surface area contributed by atoms with E-state index in [4.69, 9.17) is 4.74 Å². The van der Waals surface area contributed by atoms with Crippen molar-refractivity contribution in [1.29, 1.82) is 0 Å². The number of ether oxygens (including phenoxy) is 1. The van der Waals surface area contributed by atoms with Crippen LogP contribution in [-0.4, -0.2) is 54.9 Å². The van der Waals surface area contributed by atoms with Gasteiger partial charge in [-0.25, -0.2) is 4.79 Å². The van der Waals surface area contributed by atoms with E-state index in [0.717, 1.165) is 25.7 Å². The van der Waals surface area contributed by atoms with Crippen molar-refractivity contribution in [3.8, 4) is 0 Å². The standard InChI is InChI=1S/C14H26N2O4/c1-10(9-20-3)16(2)14(19)15-12-8-6-4-5-7-11(12)13(17)18/h10-12H,4-9H2,1-3H3,(H,15,19)(H,17,18). The molecular weight excluding hydrogens is 260 g/mol. The number of carboxylic acids is 1. The van der Waals surface area contributed by atoms with Gasteiger partial charge in [-0.3, -0.25) is 4.79 Å². The van der Waals surface area contributed by atoms with Gasteiger partial charge in [-0.1, -0.05) is 19.3 Å². The molecule has 3 atom stereocenters. The molecule has 6 heteroatoms. The Labute approximate surface area is 120 Å². The van der Waals surface area contributed by atoms with Crippen LogP contribution in [-0.2, 0) is 9.53 Å². The lowest BCUT2D eigenvalue weighted by Gasteiger charge is -2.29. The Bertz CT molecular complexity index is 335. The summed E-state index contributed by atoms with van der Waals surface area (Å²) in [7, 11) is 3.29. The van der Waals surface area contributed by atoms with Crippen molar-refractivity contribution in [2.75, 3.05) is 20.8 Å². The molecule has 1 aliphatic rings. The number of nitrogens with one attached hydrogen (secondary N) is 1. The minimum atomic E-state index is -0.815. The molecule has 0 saturated heterocycles. The van der Waals surface area contributed by atoms with Gasteiger partial charge in [-0.15, -0.1) is 0 Å². The molecule has 1 rings (SSSR count). The van der Waals surface area contributed by atoms with Crippen molar-refractivity contribution >= 4 is 12.0 Å². The molecule has 6 nitrogen and oxygen atoms in total. The maximum Gasteiger partial charge on any atom is 0.317 e. The normalized spacial score (nSPS) is 24.6. The first-order chi connectivity index (χ1) is 9.47. The van der Waals surface area contributed by atoms with E-state index in [9.17, 15) is 14.7 Å². The van der Waals surface area contributed by atoms with Crippen LogP contribution in [0.5, 0.6) is 0 Å². The van der Waals surface area contributed by atoms with Gasteiger partial charge in [0.25, 0.3) is 0 Å². The number of rotatable bonds is 5. The highest BCUT2D eigenvalue weighted by molar-refractivity contribution is 5.77. The van der Waals surface area contributed by atoms with Gasteiger partial charge in [0.2, 0.25) is 0 Å². The van der Waals surface area contributed by atoms with E-state index in [1.165, 1.54) is 0 Å². The maximum absolute atomic E-state index is 12.2. The smallest absolute Gasteiger partial charge is 0.317 e. The van der Waals surface area contributed by atoms with Gasteiger partial charge in [0.1, 0.15) is 0 Å². The van der Waals surface area contributed by atoms with Gasteiger partial charge in [0.05, 0.1) is 18.6 Å². The topological polar surface area (TPSA) is 78.9 Å². The molecule has 0 aromatic carbocycles. The average Bonchev–Trinajstić information content (AvgIpc) is 2.63. The van der Waals surface area contributed by atoms with Crippen LogP contribution in [0, 0.1) is 5.92 Å². The molecular formula is C14H26N2O4. The Balaban J connectivity index is 2.63. The van der Waals surface area contributed by atoms with Crippen LogP contribution in [0.4, 0.5) is 4.79 Å². The summed E-state index contributed by atoms with van der Waals surface area (Å²) in [4.78, 5) is 25.1. The molecule has 0 spiro atoms. The van der Waals surface area contributed by atoms with E-state index in [1.807, 2.05) is 6.92 Å². The summed E-state index contributed by atoms with van der Waals surface area (Å²) in [5, 5.41) is 12.2. The summed E-state index contributed by atoms with van der Waals surface area (Å²) < 4.78 is 5.03. The molecule has 0 heterocycles.